The molecule has 0 unspecified atom stereocenters. The van der Waals surface area contributed by atoms with Gasteiger partial charge in [-0.25, -0.2) is 9.98 Å². The summed E-state index contributed by atoms with van der Waals surface area (Å²) in [6.45, 7) is 0. The van der Waals surface area contributed by atoms with Crippen LogP contribution >= 0.6 is 23.5 Å². The minimum atomic E-state index is 0.0498. The summed E-state index contributed by atoms with van der Waals surface area (Å²) in [5, 5.41) is 13.6. The van der Waals surface area contributed by atoms with Gasteiger partial charge in [-0.3, -0.25) is 4.72 Å². The number of hydrogen-bond donors (Lipinski definition) is 4. The molecule has 4 N–H and O–H groups in total. The fraction of sp³-hybridized carbons (Fsp3) is 0. The maximum atomic E-state index is 9.98. The van der Waals surface area contributed by atoms with Gasteiger partial charge in [-0.15, -0.1) is 0 Å². The average Bonchev–Trinajstić information content (AvgIpc) is 2.97. The summed E-state index contributed by atoms with van der Waals surface area (Å²) in [5.41, 5.74) is 3.07. The first-order valence-corrected chi connectivity index (χ1v) is 7.63. The van der Waals surface area contributed by atoms with E-state index in [-0.39, 0.29) is 5.75 Å². The number of nitrogens with one attached hydrogen (secondary N) is 3. The molecule has 0 saturated heterocycles. The van der Waals surface area contributed by atoms with E-state index >= 15 is 0 Å². The van der Waals surface area contributed by atoms with E-state index in [1.54, 1.807) is 12.4 Å². The Morgan fingerprint density at radius 2 is 2.18 bits per heavy atom. The summed E-state index contributed by atoms with van der Waals surface area (Å²) >= 11 is 7.26. The van der Waals surface area contributed by atoms with Crippen LogP contribution in [0.25, 0.3) is 11.0 Å². The Morgan fingerprint density at radius 3 is 3.09 bits per heavy atom. The molecule has 0 fully saturated rings. The molecule has 3 aromatic rings. The van der Waals surface area contributed by atoms with Crippen molar-refractivity contribution in [3.63, 3.8) is 0 Å². The maximum Gasteiger partial charge on any atom is 0.211 e. The topological polar surface area (TPSA) is 85.3 Å². The summed E-state index contributed by atoms with van der Waals surface area (Å²) in [4.78, 5) is 12.5. The first kappa shape index (κ1) is 13.3. The lowest BCUT2D eigenvalue weighted by atomic mass is 10.2. The first-order chi connectivity index (χ1) is 10.7. The molecule has 6 nitrogen and oxygen atoms in total. The second kappa shape index (κ2) is 5.11. The van der Waals surface area contributed by atoms with Gasteiger partial charge in [0.25, 0.3) is 0 Å². The number of hydrogen-bond acceptors (Lipinski definition) is 6. The molecule has 8 heteroatoms. The average molecular weight is 332 g/mol. The Bertz CT molecular complexity index is 907. The minimum absolute atomic E-state index is 0.0498. The molecule has 0 saturated carbocycles. The summed E-state index contributed by atoms with van der Waals surface area (Å²) in [7, 11) is 0. The van der Waals surface area contributed by atoms with Crippen LogP contribution in [0.1, 0.15) is 0 Å². The molecular weight excluding hydrogens is 322 g/mol. The predicted molar refractivity (Wildman–Crippen MR) is 88.9 cm³/mol. The van der Waals surface area contributed by atoms with Gasteiger partial charge in [0.1, 0.15) is 17.0 Å². The molecule has 0 radical (unpaired) electrons. The zero-order valence-corrected chi connectivity index (χ0v) is 12.7. The number of anilines is 1. The number of imidazole rings is 1. The van der Waals surface area contributed by atoms with Gasteiger partial charge in [-0.1, -0.05) is 17.7 Å². The number of aromatic amines is 1. The van der Waals surface area contributed by atoms with Gasteiger partial charge in [0.2, 0.25) is 5.96 Å². The summed E-state index contributed by atoms with van der Waals surface area (Å²) < 4.78 is 3.08. The molecule has 0 atom stereocenters. The number of rotatable bonds is 1. The monoisotopic (exact) mass is 331 g/mol. The van der Waals surface area contributed by atoms with Crippen molar-refractivity contribution < 1.29 is 5.11 Å². The Morgan fingerprint density at radius 1 is 1.27 bits per heavy atom. The van der Waals surface area contributed by atoms with E-state index in [4.69, 9.17) is 11.6 Å². The van der Waals surface area contributed by atoms with Crippen molar-refractivity contribution in [1.29, 1.82) is 0 Å². The van der Waals surface area contributed by atoms with Gasteiger partial charge >= 0.3 is 0 Å². The van der Waals surface area contributed by atoms with Crippen molar-refractivity contribution in [2.24, 2.45) is 4.99 Å². The first-order valence-electron chi connectivity index (χ1n) is 6.44. The summed E-state index contributed by atoms with van der Waals surface area (Å²) in [6.07, 6.45) is 1.64. The van der Waals surface area contributed by atoms with E-state index in [1.165, 1.54) is 18.0 Å². The smallest absolute Gasteiger partial charge is 0.211 e. The van der Waals surface area contributed by atoms with Crippen molar-refractivity contribution in [2.45, 2.75) is 4.90 Å². The normalized spacial score (nSPS) is 13.4. The molecule has 0 aliphatic carbocycles. The SMILES string of the molecule is Oc1cc(Cl)cc2c1N=C(Nc1cccc3[nH]cnc13)NS2. The lowest BCUT2D eigenvalue weighted by Crippen LogP contribution is -2.27. The number of benzene rings is 2. The Balaban J connectivity index is 1.72. The standard InChI is InChI=1S/C14H10ClN5OS/c15-7-4-10(21)13-11(5-7)22-20-14(19-13)18-9-3-1-2-8-12(9)17-6-16-8/h1-6,21H,(H,16,17)(H2,18,19,20). The van der Waals surface area contributed by atoms with E-state index in [1.807, 2.05) is 18.2 Å². The molecule has 110 valence electrons. The fourth-order valence-electron chi connectivity index (χ4n) is 2.24. The van der Waals surface area contributed by atoms with Crippen LogP contribution < -0.4 is 10.0 Å². The van der Waals surface area contributed by atoms with Crippen molar-refractivity contribution in [2.75, 3.05) is 5.32 Å². The highest BCUT2D eigenvalue weighted by molar-refractivity contribution is 7.98. The van der Waals surface area contributed by atoms with Crippen LogP contribution in [0, 0.1) is 0 Å². The van der Waals surface area contributed by atoms with Gasteiger partial charge in [-0.05, 0) is 30.1 Å². The third-order valence-electron chi connectivity index (χ3n) is 3.20. The van der Waals surface area contributed by atoms with Gasteiger partial charge in [0.15, 0.2) is 0 Å². The third-order valence-corrected chi connectivity index (χ3v) is 4.25. The number of aliphatic imine (C=N–C) groups is 1. The number of nitrogens with zero attached hydrogens (tertiary/aromatic N) is 2. The number of halogens is 1. The minimum Gasteiger partial charge on any atom is -0.506 e. The predicted octanol–water partition coefficient (Wildman–Crippen LogP) is 3.63. The van der Waals surface area contributed by atoms with Crippen LogP contribution in [0.2, 0.25) is 5.02 Å². The lowest BCUT2D eigenvalue weighted by molar-refractivity contribution is 0.475. The molecule has 1 aromatic heterocycles. The van der Waals surface area contributed by atoms with Gasteiger partial charge < -0.3 is 15.4 Å². The number of fused-ring (bicyclic) bond motifs is 2. The summed E-state index contributed by atoms with van der Waals surface area (Å²) in [6, 6.07) is 9.01. The molecule has 0 bridgehead atoms. The quantitative estimate of drug-likeness (QED) is 0.512. The number of phenolic OH excluding ortho intramolecular Hbond substituents is 1. The highest BCUT2D eigenvalue weighted by Crippen LogP contribution is 2.41. The van der Waals surface area contributed by atoms with E-state index < -0.39 is 0 Å². The van der Waals surface area contributed by atoms with E-state index in [9.17, 15) is 5.11 Å². The van der Waals surface area contributed by atoms with E-state index in [0.717, 1.165) is 21.6 Å². The second-order valence-corrected chi connectivity index (χ2v) is 5.95. The second-order valence-electron chi connectivity index (χ2n) is 4.67. The molecule has 1 aliphatic heterocycles. The zero-order chi connectivity index (χ0) is 15.1. The van der Waals surface area contributed by atoms with Gasteiger partial charge in [0, 0.05) is 11.1 Å². The molecule has 0 amide bonds. The highest BCUT2D eigenvalue weighted by atomic mass is 35.5. The van der Waals surface area contributed by atoms with E-state index in [0.29, 0.717) is 16.7 Å². The Kier molecular flexibility index (Phi) is 3.09. The maximum absolute atomic E-state index is 9.98. The number of phenols is 1. The van der Waals surface area contributed by atoms with Crippen LogP contribution in [-0.2, 0) is 0 Å². The van der Waals surface area contributed by atoms with Crippen LogP contribution in [0.15, 0.2) is 46.5 Å². The fourth-order valence-corrected chi connectivity index (χ4v) is 3.25. The lowest BCUT2D eigenvalue weighted by Gasteiger charge is -2.18. The number of guanidine groups is 1. The highest BCUT2D eigenvalue weighted by Gasteiger charge is 2.17. The Labute approximate surface area is 134 Å². The molecule has 0 spiro atoms. The number of H-pyrrole nitrogens is 1. The molecule has 2 heterocycles. The summed E-state index contributed by atoms with van der Waals surface area (Å²) in [5.74, 6) is 0.569. The van der Waals surface area contributed by atoms with Crippen LogP contribution in [0.4, 0.5) is 11.4 Å². The number of aromatic hydroxyl groups is 1. The third kappa shape index (κ3) is 2.24. The van der Waals surface area contributed by atoms with Gasteiger partial charge in [0.05, 0.1) is 22.4 Å². The molecule has 4 rings (SSSR count). The van der Waals surface area contributed by atoms with Gasteiger partial charge in [-0.2, -0.15) is 0 Å². The van der Waals surface area contributed by atoms with Crippen molar-refractivity contribution in [3.05, 3.63) is 41.7 Å². The van der Waals surface area contributed by atoms with Crippen LogP contribution in [-0.4, -0.2) is 21.0 Å². The number of para-hydroxylation sites is 1. The van der Waals surface area contributed by atoms with E-state index in [2.05, 4.69) is 25.0 Å². The van der Waals surface area contributed by atoms with Crippen molar-refractivity contribution in [3.8, 4) is 5.75 Å². The molecule has 2 aromatic carbocycles. The van der Waals surface area contributed by atoms with Crippen LogP contribution in [0.5, 0.6) is 5.75 Å². The molecular formula is C14H10ClN5OS. The van der Waals surface area contributed by atoms with Crippen LogP contribution in [0.3, 0.4) is 0 Å². The zero-order valence-electron chi connectivity index (χ0n) is 11.1. The van der Waals surface area contributed by atoms with Crippen molar-refractivity contribution >= 4 is 51.9 Å². The van der Waals surface area contributed by atoms with Crippen molar-refractivity contribution in [1.82, 2.24) is 14.7 Å². The molecule has 22 heavy (non-hydrogen) atoms. The molecule has 1 aliphatic rings. The largest absolute Gasteiger partial charge is 0.506 e. The number of aromatic nitrogens is 2. The Hall–Kier alpha value is -2.38.